The second-order valence-corrected chi connectivity index (χ2v) is 6.30. The first kappa shape index (κ1) is 21.3. The predicted octanol–water partition coefficient (Wildman–Crippen LogP) is 2.33. The number of amides is 2. The molecule has 0 bridgehead atoms. The number of hydrogen-bond donors (Lipinski definition) is 2. The van der Waals surface area contributed by atoms with Gasteiger partial charge in [0, 0.05) is 17.5 Å². The molecule has 2 N–H and O–H groups in total. The van der Waals surface area contributed by atoms with E-state index in [1.807, 2.05) is 13.8 Å². The molecular weight excluding hydrogens is 364 g/mol. The zero-order chi connectivity index (χ0) is 20.7. The lowest BCUT2D eigenvalue weighted by atomic mass is 10.1. The summed E-state index contributed by atoms with van der Waals surface area (Å²) >= 11 is 0. The zero-order valence-electron chi connectivity index (χ0n) is 16.6. The highest BCUT2D eigenvalue weighted by molar-refractivity contribution is 5.97. The van der Waals surface area contributed by atoms with E-state index in [1.165, 1.54) is 0 Å². The SMILES string of the molecule is CCCNC(=O)[C@@H](C)NC(=O)COC(=O)c1oc2ccc(OCC)cc2c1C. The summed E-state index contributed by atoms with van der Waals surface area (Å²) in [6, 6.07) is 4.54. The second kappa shape index (κ2) is 9.77. The molecule has 2 rings (SSSR count). The maximum atomic E-state index is 12.3. The van der Waals surface area contributed by atoms with E-state index in [2.05, 4.69) is 10.6 Å². The Morgan fingerprint density at radius 2 is 1.96 bits per heavy atom. The van der Waals surface area contributed by atoms with E-state index in [0.717, 1.165) is 11.8 Å². The first-order chi connectivity index (χ1) is 13.4. The summed E-state index contributed by atoms with van der Waals surface area (Å²) in [5.74, 6) is -0.900. The minimum Gasteiger partial charge on any atom is -0.494 e. The number of rotatable bonds is 9. The van der Waals surface area contributed by atoms with Gasteiger partial charge in [0.2, 0.25) is 11.7 Å². The highest BCUT2D eigenvalue weighted by Crippen LogP contribution is 2.29. The van der Waals surface area contributed by atoms with Gasteiger partial charge >= 0.3 is 5.97 Å². The molecule has 0 aliphatic rings. The Balaban J connectivity index is 1.96. The Kier molecular flexibility index (Phi) is 7.43. The van der Waals surface area contributed by atoms with Crippen LogP contribution >= 0.6 is 0 Å². The second-order valence-electron chi connectivity index (χ2n) is 6.30. The summed E-state index contributed by atoms with van der Waals surface area (Å²) in [6.07, 6.45) is 0.799. The molecule has 0 saturated carbocycles. The minimum absolute atomic E-state index is 0.0326. The van der Waals surface area contributed by atoms with Crippen LogP contribution in [0.25, 0.3) is 11.0 Å². The maximum Gasteiger partial charge on any atom is 0.375 e. The molecule has 0 aliphatic heterocycles. The number of esters is 1. The van der Waals surface area contributed by atoms with Crippen LogP contribution in [0.4, 0.5) is 0 Å². The molecule has 8 heteroatoms. The summed E-state index contributed by atoms with van der Waals surface area (Å²) in [5.41, 5.74) is 1.13. The summed E-state index contributed by atoms with van der Waals surface area (Å²) < 4.78 is 16.1. The van der Waals surface area contributed by atoms with Crippen LogP contribution in [0, 0.1) is 6.92 Å². The van der Waals surface area contributed by atoms with Gasteiger partial charge in [-0.1, -0.05) is 6.92 Å². The molecule has 1 heterocycles. The third-order valence-electron chi connectivity index (χ3n) is 4.06. The van der Waals surface area contributed by atoms with Crippen molar-refractivity contribution in [2.24, 2.45) is 0 Å². The summed E-state index contributed by atoms with van der Waals surface area (Å²) in [4.78, 5) is 36.0. The Hall–Kier alpha value is -3.03. The van der Waals surface area contributed by atoms with Crippen molar-refractivity contribution < 1.29 is 28.3 Å². The average Bonchev–Trinajstić information content (AvgIpc) is 3.00. The number of fused-ring (bicyclic) bond motifs is 1. The number of carbonyl (C=O) groups excluding carboxylic acids is 3. The fraction of sp³-hybridized carbons (Fsp3) is 0.450. The fourth-order valence-corrected chi connectivity index (χ4v) is 2.60. The smallest absolute Gasteiger partial charge is 0.375 e. The van der Waals surface area contributed by atoms with E-state index in [4.69, 9.17) is 13.9 Å². The maximum absolute atomic E-state index is 12.3. The molecule has 1 atom stereocenters. The average molecular weight is 390 g/mol. The Morgan fingerprint density at radius 3 is 2.64 bits per heavy atom. The van der Waals surface area contributed by atoms with Gasteiger partial charge in [-0.05, 0) is 45.4 Å². The molecule has 152 valence electrons. The minimum atomic E-state index is -0.745. The number of nitrogens with one attached hydrogen (secondary N) is 2. The van der Waals surface area contributed by atoms with Crippen LogP contribution in [-0.2, 0) is 14.3 Å². The highest BCUT2D eigenvalue weighted by atomic mass is 16.5. The van der Waals surface area contributed by atoms with Gasteiger partial charge in [-0.3, -0.25) is 9.59 Å². The van der Waals surface area contributed by atoms with Crippen molar-refractivity contribution in [1.29, 1.82) is 0 Å². The van der Waals surface area contributed by atoms with Crippen LogP contribution in [-0.4, -0.2) is 43.6 Å². The van der Waals surface area contributed by atoms with Crippen LogP contribution < -0.4 is 15.4 Å². The van der Waals surface area contributed by atoms with Crippen molar-refractivity contribution >= 4 is 28.8 Å². The molecule has 0 fully saturated rings. The van der Waals surface area contributed by atoms with Crippen molar-refractivity contribution in [3.8, 4) is 5.75 Å². The van der Waals surface area contributed by atoms with Gasteiger partial charge in [-0.2, -0.15) is 0 Å². The lowest BCUT2D eigenvalue weighted by Crippen LogP contribution is -2.46. The molecular formula is C20H26N2O6. The molecule has 1 aromatic carbocycles. The van der Waals surface area contributed by atoms with Crippen molar-refractivity contribution in [1.82, 2.24) is 10.6 Å². The third kappa shape index (κ3) is 5.25. The van der Waals surface area contributed by atoms with Crippen LogP contribution in [0.1, 0.15) is 43.3 Å². The van der Waals surface area contributed by atoms with E-state index < -0.39 is 24.5 Å². The van der Waals surface area contributed by atoms with Gasteiger partial charge in [0.25, 0.3) is 5.91 Å². The molecule has 0 saturated heterocycles. The van der Waals surface area contributed by atoms with Crippen molar-refractivity contribution in [3.63, 3.8) is 0 Å². The molecule has 0 aliphatic carbocycles. The van der Waals surface area contributed by atoms with Crippen molar-refractivity contribution in [2.75, 3.05) is 19.8 Å². The van der Waals surface area contributed by atoms with E-state index in [1.54, 1.807) is 32.0 Å². The third-order valence-corrected chi connectivity index (χ3v) is 4.06. The first-order valence-electron chi connectivity index (χ1n) is 9.27. The lowest BCUT2D eigenvalue weighted by Gasteiger charge is -2.13. The molecule has 0 unspecified atom stereocenters. The van der Waals surface area contributed by atoms with Crippen LogP contribution in [0.3, 0.4) is 0 Å². The van der Waals surface area contributed by atoms with Crippen molar-refractivity contribution in [3.05, 3.63) is 29.5 Å². The number of furan rings is 1. The fourth-order valence-electron chi connectivity index (χ4n) is 2.60. The van der Waals surface area contributed by atoms with E-state index in [9.17, 15) is 14.4 Å². The van der Waals surface area contributed by atoms with Gasteiger partial charge in [-0.25, -0.2) is 4.79 Å². The molecule has 2 amide bonds. The Morgan fingerprint density at radius 1 is 1.21 bits per heavy atom. The highest BCUT2D eigenvalue weighted by Gasteiger charge is 2.21. The monoisotopic (exact) mass is 390 g/mol. The largest absolute Gasteiger partial charge is 0.494 e. The number of hydrogen-bond acceptors (Lipinski definition) is 6. The number of benzene rings is 1. The molecule has 28 heavy (non-hydrogen) atoms. The molecule has 1 aromatic heterocycles. The standard InChI is InChI=1S/C20H26N2O6/c1-5-9-21-19(24)13(4)22-17(23)11-27-20(25)18-12(3)15-10-14(26-6-2)7-8-16(15)28-18/h7-8,10,13H,5-6,9,11H2,1-4H3,(H,21,24)(H,22,23)/t13-/m1/s1. The topological polar surface area (TPSA) is 107 Å². The predicted molar refractivity (Wildman–Crippen MR) is 103 cm³/mol. The normalized spacial score (nSPS) is 11.7. The van der Waals surface area contributed by atoms with Crippen LogP contribution in [0.2, 0.25) is 0 Å². The van der Waals surface area contributed by atoms with Gasteiger partial charge in [-0.15, -0.1) is 0 Å². The lowest BCUT2D eigenvalue weighted by molar-refractivity contribution is -0.130. The number of ether oxygens (including phenoxy) is 2. The Labute approximate surface area is 163 Å². The quantitative estimate of drug-likeness (QED) is 0.637. The van der Waals surface area contributed by atoms with Crippen molar-refractivity contribution in [2.45, 2.75) is 40.2 Å². The molecule has 0 spiro atoms. The van der Waals surface area contributed by atoms with Gasteiger partial charge in [0.05, 0.1) is 6.61 Å². The van der Waals surface area contributed by atoms with E-state index in [0.29, 0.717) is 30.0 Å². The van der Waals surface area contributed by atoms with Crippen LogP contribution in [0.5, 0.6) is 5.75 Å². The van der Waals surface area contributed by atoms with Crippen LogP contribution in [0.15, 0.2) is 22.6 Å². The summed E-state index contributed by atoms with van der Waals surface area (Å²) in [7, 11) is 0. The zero-order valence-corrected chi connectivity index (χ0v) is 16.6. The number of carbonyl (C=O) groups is 3. The van der Waals surface area contributed by atoms with Gasteiger partial charge in [0.1, 0.15) is 17.4 Å². The summed E-state index contributed by atoms with van der Waals surface area (Å²) in [5, 5.41) is 5.90. The summed E-state index contributed by atoms with van der Waals surface area (Å²) in [6.45, 7) is 7.66. The van der Waals surface area contributed by atoms with Gasteiger partial charge < -0.3 is 24.5 Å². The first-order valence-corrected chi connectivity index (χ1v) is 9.27. The van der Waals surface area contributed by atoms with E-state index >= 15 is 0 Å². The molecule has 0 radical (unpaired) electrons. The Bertz CT molecular complexity index is 858. The van der Waals surface area contributed by atoms with E-state index in [-0.39, 0.29) is 11.7 Å². The molecule has 8 nitrogen and oxygen atoms in total. The molecule has 2 aromatic rings. The van der Waals surface area contributed by atoms with Gasteiger partial charge in [0.15, 0.2) is 6.61 Å². The number of aryl methyl sites for hydroxylation is 1.